The molecule has 0 atom stereocenters. The van der Waals surface area contributed by atoms with Crippen LogP contribution in [0.1, 0.15) is 5.56 Å². The Morgan fingerprint density at radius 2 is 1.84 bits per heavy atom. The molecule has 0 saturated carbocycles. The van der Waals surface area contributed by atoms with Gasteiger partial charge in [-0.1, -0.05) is 11.6 Å². The zero-order valence-electron chi connectivity index (χ0n) is 14.1. The molecule has 8 heteroatoms. The van der Waals surface area contributed by atoms with Crippen molar-refractivity contribution in [3.05, 3.63) is 47.1 Å². The first-order chi connectivity index (χ1) is 11.9. The summed E-state index contributed by atoms with van der Waals surface area (Å²) in [7, 11) is -1.53. The van der Waals surface area contributed by atoms with Gasteiger partial charge in [-0.3, -0.25) is 0 Å². The van der Waals surface area contributed by atoms with E-state index in [1.807, 2.05) is 14.0 Å². The lowest BCUT2D eigenvalue weighted by molar-refractivity contribution is 0.222. The minimum atomic E-state index is -3.52. The smallest absolute Gasteiger partial charge is 0.244 e. The van der Waals surface area contributed by atoms with Gasteiger partial charge >= 0.3 is 0 Å². The van der Waals surface area contributed by atoms with Crippen LogP contribution in [0.5, 0.6) is 11.6 Å². The summed E-state index contributed by atoms with van der Waals surface area (Å²) in [6.07, 6.45) is 1.34. The molecule has 0 N–H and O–H groups in total. The quantitative estimate of drug-likeness (QED) is 0.814. The molecule has 1 fully saturated rings. The Kier molecular flexibility index (Phi) is 5.29. The number of pyridine rings is 1. The van der Waals surface area contributed by atoms with Crippen molar-refractivity contribution in [1.29, 1.82) is 0 Å². The van der Waals surface area contributed by atoms with Gasteiger partial charge in [0.1, 0.15) is 10.6 Å². The van der Waals surface area contributed by atoms with E-state index in [9.17, 15) is 8.42 Å². The van der Waals surface area contributed by atoms with E-state index in [2.05, 4.69) is 9.88 Å². The summed E-state index contributed by atoms with van der Waals surface area (Å²) < 4.78 is 32.5. The summed E-state index contributed by atoms with van der Waals surface area (Å²) >= 11 is 5.99. The van der Waals surface area contributed by atoms with Gasteiger partial charge in [0.25, 0.3) is 0 Å². The number of hydrogen-bond donors (Lipinski definition) is 0. The second-order valence-electron chi connectivity index (χ2n) is 6.05. The standard InChI is InChI=1S/C17H20ClN3O3S/c1-13-11-14(3-5-16(13)18)24-17-6-4-15(12-19-17)25(22,23)21-9-7-20(2)8-10-21/h3-6,11-12H,7-10H2,1-2H3. The number of sulfonamides is 1. The van der Waals surface area contributed by atoms with Crippen molar-refractivity contribution >= 4 is 21.6 Å². The van der Waals surface area contributed by atoms with Gasteiger partial charge in [-0.05, 0) is 43.8 Å². The van der Waals surface area contributed by atoms with E-state index in [1.165, 1.54) is 16.6 Å². The van der Waals surface area contributed by atoms with E-state index in [4.69, 9.17) is 16.3 Å². The molecule has 0 bridgehead atoms. The molecule has 1 aromatic heterocycles. The summed E-state index contributed by atoms with van der Waals surface area (Å²) in [6.45, 7) is 4.31. The molecule has 0 radical (unpaired) electrons. The predicted molar refractivity (Wildman–Crippen MR) is 96.8 cm³/mol. The van der Waals surface area contributed by atoms with Crippen LogP contribution in [0.15, 0.2) is 41.4 Å². The van der Waals surface area contributed by atoms with Crippen LogP contribution >= 0.6 is 11.6 Å². The number of aromatic nitrogens is 1. The van der Waals surface area contributed by atoms with Gasteiger partial charge in [0.15, 0.2) is 0 Å². The molecule has 2 heterocycles. The summed E-state index contributed by atoms with van der Waals surface area (Å²) in [6, 6.07) is 8.38. The molecular formula is C17H20ClN3O3S. The fraction of sp³-hybridized carbons (Fsp3) is 0.353. The lowest BCUT2D eigenvalue weighted by atomic mass is 10.2. The van der Waals surface area contributed by atoms with Crippen LogP contribution in [0.25, 0.3) is 0 Å². The van der Waals surface area contributed by atoms with Crippen molar-refractivity contribution in [3.63, 3.8) is 0 Å². The Morgan fingerprint density at radius 3 is 2.44 bits per heavy atom. The molecule has 134 valence electrons. The van der Waals surface area contributed by atoms with Crippen molar-refractivity contribution < 1.29 is 13.2 Å². The molecule has 1 aromatic carbocycles. The number of nitrogens with zero attached hydrogens (tertiary/aromatic N) is 3. The molecular weight excluding hydrogens is 362 g/mol. The lowest BCUT2D eigenvalue weighted by Gasteiger charge is -2.31. The molecule has 0 spiro atoms. The normalized spacial score (nSPS) is 16.8. The van der Waals surface area contributed by atoms with Gasteiger partial charge in [0.2, 0.25) is 15.9 Å². The van der Waals surface area contributed by atoms with E-state index in [0.29, 0.717) is 29.7 Å². The van der Waals surface area contributed by atoms with Crippen LogP contribution in [0.2, 0.25) is 5.02 Å². The average molecular weight is 382 g/mol. The lowest BCUT2D eigenvalue weighted by Crippen LogP contribution is -2.47. The highest BCUT2D eigenvalue weighted by atomic mass is 35.5. The molecule has 0 amide bonds. The number of halogens is 1. The molecule has 2 aromatic rings. The van der Waals surface area contributed by atoms with E-state index >= 15 is 0 Å². The first-order valence-corrected chi connectivity index (χ1v) is 9.77. The van der Waals surface area contributed by atoms with Gasteiger partial charge in [-0.25, -0.2) is 13.4 Å². The predicted octanol–water partition coefficient (Wildman–Crippen LogP) is 2.77. The minimum absolute atomic E-state index is 0.177. The maximum atomic E-state index is 12.7. The first-order valence-electron chi connectivity index (χ1n) is 7.95. The Hall–Kier alpha value is -1.67. The number of benzene rings is 1. The zero-order chi connectivity index (χ0) is 18.0. The van der Waals surface area contributed by atoms with Crippen molar-refractivity contribution in [2.45, 2.75) is 11.8 Å². The maximum Gasteiger partial charge on any atom is 0.244 e. The third kappa shape index (κ3) is 4.12. The molecule has 0 aliphatic carbocycles. The van der Waals surface area contributed by atoms with Gasteiger partial charge in [-0.15, -0.1) is 0 Å². The van der Waals surface area contributed by atoms with Gasteiger partial charge in [0, 0.05) is 37.3 Å². The summed E-state index contributed by atoms with van der Waals surface area (Å²) in [4.78, 5) is 6.41. The van der Waals surface area contributed by atoms with E-state index < -0.39 is 10.0 Å². The molecule has 3 rings (SSSR count). The molecule has 6 nitrogen and oxygen atoms in total. The second-order valence-corrected chi connectivity index (χ2v) is 8.40. The maximum absolute atomic E-state index is 12.7. The third-order valence-corrected chi connectivity index (χ3v) is 6.47. The molecule has 1 saturated heterocycles. The van der Waals surface area contributed by atoms with Crippen molar-refractivity contribution in [2.75, 3.05) is 33.2 Å². The Bertz CT molecular complexity index is 848. The van der Waals surface area contributed by atoms with Crippen LogP contribution in [0.4, 0.5) is 0 Å². The summed E-state index contributed by atoms with van der Waals surface area (Å²) in [5, 5.41) is 0.661. The topological polar surface area (TPSA) is 62.7 Å². The number of rotatable bonds is 4. The van der Waals surface area contributed by atoms with E-state index in [-0.39, 0.29) is 4.90 Å². The van der Waals surface area contributed by atoms with Crippen molar-refractivity contribution in [2.24, 2.45) is 0 Å². The highest BCUT2D eigenvalue weighted by Crippen LogP contribution is 2.26. The third-order valence-electron chi connectivity index (χ3n) is 4.16. The van der Waals surface area contributed by atoms with Gasteiger partial charge in [-0.2, -0.15) is 4.31 Å². The van der Waals surface area contributed by atoms with Crippen LogP contribution in [-0.2, 0) is 10.0 Å². The number of piperazine rings is 1. The highest BCUT2D eigenvalue weighted by molar-refractivity contribution is 7.89. The molecule has 1 aliphatic heterocycles. The Labute approximate surface area is 153 Å². The second kappa shape index (κ2) is 7.29. The SMILES string of the molecule is Cc1cc(Oc2ccc(S(=O)(=O)N3CCN(C)CC3)cn2)ccc1Cl. The number of hydrogen-bond acceptors (Lipinski definition) is 5. The number of ether oxygens (including phenoxy) is 1. The van der Waals surface area contributed by atoms with Crippen molar-refractivity contribution in [1.82, 2.24) is 14.2 Å². The van der Waals surface area contributed by atoms with Gasteiger partial charge in [0.05, 0.1) is 6.20 Å². The highest BCUT2D eigenvalue weighted by Gasteiger charge is 2.27. The number of aryl methyl sites for hydroxylation is 1. The zero-order valence-corrected chi connectivity index (χ0v) is 15.7. The van der Waals surface area contributed by atoms with Crippen LogP contribution in [0, 0.1) is 6.92 Å². The fourth-order valence-corrected chi connectivity index (χ4v) is 4.04. The van der Waals surface area contributed by atoms with E-state index in [1.54, 1.807) is 24.3 Å². The van der Waals surface area contributed by atoms with Crippen molar-refractivity contribution in [3.8, 4) is 11.6 Å². The van der Waals surface area contributed by atoms with Crippen LogP contribution in [0.3, 0.4) is 0 Å². The molecule has 0 unspecified atom stereocenters. The van der Waals surface area contributed by atoms with E-state index in [0.717, 1.165) is 18.7 Å². The first kappa shape index (κ1) is 18.1. The molecule has 25 heavy (non-hydrogen) atoms. The summed E-state index contributed by atoms with van der Waals surface area (Å²) in [5.41, 5.74) is 0.897. The largest absolute Gasteiger partial charge is 0.439 e. The summed E-state index contributed by atoms with van der Waals surface area (Å²) in [5.74, 6) is 0.933. The Balaban J connectivity index is 1.74. The molecule has 1 aliphatic rings. The van der Waals surface area contributed by atoms with Gasteiger partial charge < -0.3 is 9.64 Å². The fourth-order valence-electron chi connectivity index (χ4n) is 2.56. The van der Waals surface area contributed by atoms with Crippen LogP contribution in [-0.4, -0.2) is 55.8 Å². The minimum Gasteiger partial charge on any atom is -0.439 e. The monoisotopic (exact) mass is 381 g/mol. The number of likely N-dealkylation sites (N-methyl/N-ethyl adjacent to an activating group) is 1. The average Bonchev–Trinajstić information content (AvgIpc) is 2.59. The van der Waals surface area contributed by atoms with Crippen LogP contribution < -0.4 is 4.74 Å². The Morgan fingerprint density at radius 1 is 1.12 bits per heavy atom.